The van der Waals surface area contributed by atoms with E-state index < -0.39 is 24.3 Å². The van der Waals surface area contributed by atoms with E-state index in [4.69, 9.17) is 11.5 Å². The van der Waals surface area contributed by atoms with Gasteiger partial charge < -0.3 is 27.0 Å². The number of unbranched alkanes of at least 4 members (excludes halogenated alkanes) is 1. The lowest BCUT2D eigenvalue weighted by Crippen LogP contribution is -2.67. The summed E-state index contributed by atoms with van der Waals surface area (Å²) in [5.74, 6) is -0.260. The van der Waals surface area contributed by atoms with Crippen LogP contribution < -0.4 is 27.6 Å². The monoisotopic (exact) mass is 289 g/mol. The minimum absolute atomic E-state index is 0.196. The van der Waals surface area contributed by atoms with Crippen LogP contribution in [-0.4, -0.2) is 59.5 Å². The van der Waals surface area contributed by atoms with Gasteiger partial charge in [-0.2, -0.15) is 0 Å². The van der Waals surface area contributed by atoms with E-state index >= 15 is 0 Å². The van der Waals surface area contributed by atoms with Gasteiger partial charge in [0.1, 0.15) is 0 Å². The van der Waals surface area contributed by atoms with Crippen LogP contribution in [0.5, 0.6) is 0 Å². The van der Waals surface area contributed by atoms with Gasteiger partial charge in [0.2, 0.25) is 5.91 Å². The summed E-state index contributed by atoms with van der Waals surface area (Å²) in [6, 6.07) is -1.28. The van der Waals surface area contributed by atoms with Crippen molar-refractivity contribution in [2.45, 2.75) is 56.5 Å². The maximum atomic E-state index is 11.8. The maximum absolute atomic E-state index is 11.8. The Morgan fingerprint density at radius 1 is 1.30 bits per heavy atom. The second-order valence-corrected chi connectivity index (χ2v) is 5.30. The molecule has 8 heteroatoms. The summed E-state index contributed by atoms with van der Waals surface area (Å²) in [4.78, 5) is 11.8. The van der Waals surface area contributed by atoms with Crippen LogP contribution in [0.2, 0.25) is 0 Å². The Bertz CT molecular complexity index is 305. The quantitative estimate of drug-likeness (QED) is 0.250. The van der Waals surface area contributed by atoms with E-state index in [0.717, 1.165) is 12.8 Å². The third kappa shape index (κ3) is 4.97. The van der Waals surface area contributed by atoms with Crippen LogP contribution in [0.15, 0.2) is 0 Å². The molecular formula is C12H27N5O3. The van der Waals surface area contributed by atoms with Crippen molar-refractivity contribution in [1.82, 2.24) is 16.2 Å². The smallest absolute Gasteiger partial charge is 0.236 e. The number of nitrogens with one attached hydrogen (secondary N) is 3. The fourth-order valence-electron chi connectivity index (χ4n) is 2.10. The molecule has 1 aliphatic rings. The number of nitrogens with two attached hydrogens (primary N) is 2. The molecule has 0 aromatic carbocycles. The Labute approximate surface area is 119 Å². The highest BCUT2D eigenvalue weighted by Gasteiger charge is 2.34. The van der Waals surface area contributed by atoms with Gasteiger partial charge in [0, 0.05) is 12.6 Å². The van der Waals surface area contributed by atoms with Gasteiger partial charge in [-0.15, -0.1) is 0 Å². The highest BCUT2D eigenvalue weighted by Crippen LogP contribution is 2.08. The summed E-state index contributed by atoms with van der Waals surface area (Å²) < 4.78 is 0. The summed E-state index contributed by atoms with van der Waals surface area (Å²) in [6.45, 7) is 2.54. The number of amides is 1. The molecule has 5 atom stereocenters. The van der Waals surface area contributed by atoms with E-state index in [9.17, 15) is 15.0 Å². The third-order valence-corrected chi connectivity index (χ3v) is 3.57. The number of aliphatic hydroxyl groups excluding tert-OH is 2. The zero-order valence-corrected chi connectivity index (χ0v) is 11.9. The molecule has 1 heterocycles. The third-order valence-electron chi connectivity index (χ3n) is 3.57. The van der Waals surface area contributed by atoms with E-state index in [0.29, 0.717) is 13.0 Å². The molecule has 1 rings (SSSR count). The van der Waals surface area contributed by atoms with Gasteiger partial charge in [0.15, 0.2) is 0 Å². The fraction of sp³-hybridized carbons (Fsp3) is 0.917. The van der Waals surface area contributed by atoms with Gasteiger partial charge in [-0.25, -0.2) is 5.43 Å². The summed E-state index contributed by atoms with van der Waals surface area (Å²) >= 11 is 0. The Hall–Kier alpha value is -0.770. The second-order valence-electron chi connectivity index (χ2n) is 5.30. The molecule has 0 saturated carbocycles. The van der Waals surface area contributed by atoms with Crippen LogP contribution in [0.1, 0.15) is 26.2 Å². The van der Waals surface area contributed by atoms with Crippen molar-refractivity contribution < 1.29 is 15.0 Å². The Morgan fingerprint density at radius 3 is 2.65 bits per heavy atom. The van der Waals surface area contributed by atoms with E-state index in [-0.39, 0.29) is 18.5 Å². The van der Waals surface area contributed by atoms with Crippen LogP contribution in [0, 0.1) is 0 Å². The van der Waals surface area contributed by atoms with E-state index in [1.165, 1.54) is 0 Å². The Balaban J connectivity index is 2.30. The predicted octanol–water partition coefficient (Wildman–Crippen LogP) is -2.85. The summed E-state index contributed by atoms with van der Waals surface area (Å²) in [5, 5.41) is 22.3. The van der Waals surface area contributed by atoms with Crippen LogP contribution in [0.3, 0.4) is 0 Å². The topological polar surface area (TPSA) is 146 Å². The average molecular weight is 289 g/mol. The number of hydrogen-bond donors (Lipinski definition) is 7. The first-order chi connectivity index (χ1) is 9.47. The molecule has 0 spiro atoms. The van der Waals surface area contributed by atoms with Crippen molar-refractivity contribution in [2.24, 2.45) is 11.5 Å². The number of rotatable bonds is 7. The molecule has 0 unspecified atom stereocenters. The Kier molecular flexibility index (Phi) is 7.35. The molecule has 0 bridgehead atoms. The maximum Gasteiger partial charge on any atom is 0.236 e. The van der Waals surface area contributed by atoms with Gasteiger partial charge in [-0.1, -0.05) is 6.42 Å². The fourth-order valence-corrected chi connectivity index (χ4v) is 2.10. The van der Waals surface area contributed by atoms with Crippen LogP contribution in [0.4, 0.5) is 0 Å². The number of carbonyl (C=O) groups is 1. The van der Waals surface area contributed by atoms with Crippen molar-refractivity contribution in [2.75, 3.05) is 13.1 Å². The normalized spacial score (nSPS) is 31.9. The molecule has 1 amide bonds. The van der Waals surface area contributed by atoms with Gasteiger partial charge in [-0.05, 0) is 26.3 Å². The average Bonchev–Trinajstić information content (AvgIpc) is 2.44. The van der Waals surface area contributed by atoms with Gasteiger partial charge in [-0.3, -0.25) is 10.2 Å². The van der Waals surface area contributed by atoms with Crippen LogP contribution >= 0.6 is 0 Å². The molecule has 1 saturated heterocycles. The molecule has 1 aliphatic heterocycles. The molecule has 20 heavy (non-hydrogen) atoms. The lowest BCUT2D eigenvalue weighted by molar-refractivity contribution is -0.123. The first-order valence-electron chi connectivity index (χ1n) is 7.08. The van der Waals surface area contributed by atoms with Crippen molar-refractivity contribution in [3.63, 3.8) is 0 Å². The number of hydrogen-bond acceptors (Lipinski definition) is 7. The molecule has 0 radical (unpaired) electrons. The zero-order chi connectivity index (χ0) is 15.1. The van der Waals surface area contributed by atoms with E-state index in [1.807, 2.05) is 0 Å². The molecule has 9 N–H and O–H groups in total. The molecule has 8 nitrogen and oxygen atoms in total. The summed E-state index contributed by atoms with van der Waals surface area (Å²) in [5.41, 5.74) is 16.8. The van der Waals surface area contributed by atoms with Crippen molar-refractivity contribution in [3.8, 4) is 0 Å². The minimum atomic E-state index is -0.944. The predicted molar refractivity (Wildman–Crippen MR) is 75.4 cm³/mol. The highest BCUT2D eigenvalue weighted by atomic mass is 16.3. The first kappa shape index (κ1) is 17.3. The molecule has 118 valence electrons. The number of aliphatic hydroxyl groups is 2. The molecule has 0 aliphatic carbocycles. The number of hydrazine groups is 1. The molecule has 1 fully saturated rings. The molecular weight excluding hydrogens is 262 g/mol. The lowest BCUT2D eigenvalue weighted by Gasteiger charge is -2.37. The summed E-state index contributed by atoms with van der Waals surface area (Å²) in [7, 11) is 0. The second kappa shape index (κ2) is 8.50. The van der Waals surface area contributed by atoms with Crippen LogP contribution in [-0.2, 0) is 4.79 Å². The van der Waals surface area contributed by atoms with Gasteiger partial charge >= 0.3 is 0 Å². The minimum Gasteiger partial charge on any atom is -0.389 e. The zero-order valence-electron chi connectivity index (χ0n) is 11.9. The Morgan fingerprint density at radius 2 is 2.00 bits per heavy atom. The first-order valence-corrected chi connectivity index (χ1v) is 7.08. The van der Waals surface area contributed by atoms with Gasteiger partial charge in [0.05, 0.1) is 24.3 Å². The SMILES string of the molecule is C[C@@H]1NN[C@@H](CNC(=O)[C@@H](N)CCCCN)[C@H](O)[C@@H]1O. The van der Waals surface area contributed by atoms with Crippen molar-refractivity contribution >= 4 is 5.91 Å². The molecule has 0 aromatic heterocycles. The summed E-state index contributed by atoms with van der Waals surface area (Å²) in [6.07, 6.45) is 0.420. The largest absolute Gasteiger partial charge is 0.389 e. The van der Waals surface area contributed by atoms with Crippen LogP contribution in [0.25, 0.3) is 0 Å². The standard InChI is InChI=1S/C12H27N5O3/c1-7-10(18)11(19)9(17-16-7)6-15-12(20)8(14)4-2-3-5-13/h7-11,16-19H,2-6,13-14H2,1H3,(H,15,20)/t7-,8-,9-,10+,11-/m0/s1. The van der Waals surface area contributed by atoms with Gasteiger partial charge in [0.25, 0.3) is 0 Å². The van der Waals surface area contributed by atoms with Crippen molar-refractivity contribution in [1.29, 1.82) is 0 Å². The highest BCUT2D eigenvalue weighted by molar-refractivity contribution is 5.81. The number of carbonyl (C=O) groups excluding carboxylic acids is 1. The molecule has 0 aromatic rings. The van der Waals surface area contributed by atoms with E-state index in [1.54, 1.807) is 6.92 Å². The lowest BCUT2D eigenvalue weighted by atomic mass is 9.98. The van der Waals surface area contributed by atoms with Crippen molar-refractivity contribution in [3.05, 3.63) is 0 Å². The van der Waals surface area contributed by atoms with E-state index in [2.05, 4.69) is 16.2 Å².